The quantitative estimate of drug-likeness (QED) is 0.557. The number of nitrogens with zero attached hydrogens (tertiary/aromatic N) is 3. The van der Waals surface area contributed by atoms with Gasteiger partial charge in [0.05, 0.1) is 13.3 Å². The number of carboxylic acid groups (broad SMARTS) is 1. The van der Waals surface area contributed by atoms with Gasteiger partial charge in [-0.15, -0.1) is 4.40 Å². The first-order chi connectivity index (χ1) is 13.7. The summed E-state index contributed by atoms with van der Waals surface area (Å²) in [5, 5.41) is 14.1. The Morgan fingerprint density at radius 2 is 2.07 bits per heavy atom. The highest BCUT2D eigenvalue weighted by Crippen LogP contribution is 2.30. The molecule has 0 atom stereocenters. The Hall–Kier alpha value is -3.47. The predicted molar refractivity (Wildman–Crippen MR) is 102 cm³/mol. The first-order valence-electron chi connectivity index (χ1n) is 8.16. The van der Waals surface area contributed by atoms with Gasteiger partial charge in [0.1, 0.15) is 10.6 Å². The highest BCUT2D eigenvalue weighted by molar-refractivity contribution is 7.90. The molecule has 1 aliphatic heterocycles. The van der Waals surface area contributed by atoms with Gasteiger partial charge in [-0.1, -0.05) is 6.07 Å². The molecule has 0 fully saturated rings. The van der Waals surface area contributed by atoms with E-state index in [0.717, 1.165) is 0 Å². The molecule has 1 heterocycles. The van der Waals surface area contributed by atoms with E-state index in [1.807, 2.05) is 0 Å². The molecule has 0 saturated heterocycles. The van der Waals surface area contributed by atoms with Gasteiger partial charge >= 0.3 is 5.97 Å². The van der Waals surface area contributed by atoms with Crippen molar-refractivity contribution in [3.05, 3.63) is 53.3 Å². The van der Waals surface area contributed by atoms with Crippen LogP contribution >= 0.6 is 0 Å². The van der Waals surface area contributed by atoms with Gasteiger partial charge in [-0.3, -0.25) is 0 Å². The monoisotopic (exact) mass is 421 g/mol. The van der Waals surface area contributed by atoms with Crippen molar-refractivity contribution in [1.82, 2.24) is 5.01 Å². The Kier molecular flexibility index (Phi) is 5.50. The number of rotatable bonds is 6. The number of hydrogen-bond acceptors (Lipinski definition) is 7. The van der Waals surface area contributed by atoms with Crippen molar-refractivity contribution in [3.63, 3.8) is 0 Å². The number of aliphatic carboxylic acids is 1. The molecule has 0 unspecified atom stereocenters. The molecule has 29 heavy (non-hydrogen) atoms. The lowest BCUT2D eigenvalue weighted by Crippen LogP contribution is -2.21. The molecular weight excluding hydrogens is 405 g/mol. The average Bonchev–Trinajstić information content (AvgIpc) is 2.96. The minimum atomic E-state index is -3.92. The van der Waals surface area contributed by atoms with E-state index in [9.17, 15) is 17.6 Å². The molecule has 2 aromatic rings. The smallest absolute Gasteiger partial charge is 0.341 e. The molecule has 0 spiro atoms. The molecule has 1 N–H and O–H groups in total. The standard InChI is InChI=1S/C18H16FN3O6S/c1-22(20-9-11-3-5-14(19)15(7-11)27-2)18-13-8-12(28-10-17(23)24)4-6-16(13)29(25,26)21-18/h3-9H,10H2,1-2H3,(H,23,24)/b20-9+. The van der Waals surface area contributed by atoms with Crippen LogP contribution < -0.4 is 9.47 Å². The van der Waals surface area contributed by atoms with Crippen LogP contribution in [0, 0.1) is 5.82 Å². The Morgan fingerprint density at radius 3 is 2.76 bits per heavy atom. The van der Waals surface area contributed by atoms with Gasteiger partial charge < -0.3 is 14.6 Å². The van der Waals surface area contributed by atoms with Gasteiger partial charge in [0.25, 0.3) is 10.0 Å². The molecular formula is C18H16FN3O6S. The van der Waals surface area contributed by atoms with Crippen molar-refractivity contribution in [2.45, 2.75) is 4.90 Å². The molecule has 3 rings (SSSR count). The molecule has 0 saturated carbocycles. The number of halogens is 1. The molecule has 9 nitrogen and oxygen atoms in total. The summed E-state index contributed by atoms with van der Waals surface area (Å²) < 4.78 is 51.8. The van der Waals surface area contributed by atoms with Crippen molar-refractivity contribution < 1.29 is 32.2 Å². The van der Waals surface area contributed by atoms with Crippen LogP contribution in [0.25, 0.3) is 0 Å². The Bertz CT molecular complexity index is 1130. The SMILES string of the molecule is COc1cc(/C=N/N(C)C2=NS(=O)(=O)c3ccc(OCC(=O)O)cc32)ccc1F. The third kappa shape index (κ3) is 4.35. The van der Waals surface area contributed by atoms with E-state index in [-0.39, 0.29) is 27.8 Å². The number of benzene rings is 2. The largest absolute Gasteiger partial charge is 0.494 e. The minimum absolute atomic E-state index is 0.0334. The second-order valence-electron chi connectivity index (χ2n) is 5.89. The van der Waals surface area contributed by atoms with Crippen molar-refractivity contribution in [3.8, 4) is 11.5 Å². The van der Waals surface area contributed by atoms with Crippen LogP contribution in [0.4, 0.5) is 4.39 Å². The first-order valence-corrected chi connectivity index (χ1v) is 9.60. The number of sulfonamides is 1. The lowest BCUT2D eigenvalue weighted by Gasteiger charge is -2.13. The highest BCUT2D eigenvalue weighted by atomic mass is 32.2. The van der Waals surface area contributed by atoms with Crippen molar-refractivity contribution in [1.29, 1.82) is 0 Å². The zero-order valence-corrected chi connectivity index (χ0v) is 16.2. The molecule has 11 heteroatoms. The number of carboxylic acids is 1. The summed E-state index contributed by atoms with van der Waals surface area (Å²) in [4.78, 5) is 10.6. The van der Waals surface area contributed by atoms with Gasteiger partial charge in [0, 0.05) is 12.6 Å². The molecule has 0 radical (unpaired) electrons. The summed E-state index contributed by atoms with van der Waals surface area (Å²) in [6.45, 7) is -0.571. The second-order valence-corrected chi connectivity index (χ2v) is 7.47. The maximum atomic E-state index is 13.5. The van der Waals surface area contributed by atoms with Gasteiger partial charge in [0.15, 0.2) is 24.0 Å². The zero-order valence-electron chi connectivity index (χ0n) is 15.4. The summed E-state index contributed by atoms with van der Waals surface area (Å²) in [6, 6.07) is 8.17. The van der Waals surface area contributed by atoms with E-state index < -0.39 is 28.4 Å². The highest BCUT2D eigenvalue weighted by Gasteiger charge is 2.31. The normalized spacial score (nSPS) is 14.4. The zero-order chi connectivity index (χ0) is 21.2. The summed E-state index contributed by atoms with van der Waals surface area (Å²) in [7, 11) is -1.09. The van der Waals surface area contributed by atoms with Crippen LogP contribution in [0.1, 0.15) is 11.1 Å². The Labute approximate surface area is 165 Å². The van der Waals surface area contributed by atoms with E-state index in [4.69, 9.17) is 14.6 Å². The fraction of sp³-hybridized carbons (Fsp3) is 0.167. The Balaban J connectivity index is 1.89. The third-order valence-electron chi connectivity index (χ3n) is 3.90. The van der Waals surface area contributed by atoms with Gasteiger partial charge in [-0.2, -0.15) is 13.5 Å². The van der Waals surface area contributed by atoms with Gasteiger partial charge in [-0.25, -0.2) is 14.2 Å². The lowest BCUT2D eigenvalue weighted by atomic mass is 10.2. The van der Waals surface area contributed by atoms with Crippen LogP contribution in [0.15, 0.2) is 50.8 Å². The van der Waals surface area contributed by atoms with E-state index >= 15 is 0 Å². The third-order valence-corrected chi connectivity index (χ3v) is 5.23. The number of methoxy groups -OCH3 is 1. The second kappa shape index (κ2) is 7.87. The number of amidine groups is 1. The molecule has 152 valence electrons. The fourth-order valence-corrected chi connectivity index (χ4v) is 3.76. The number of carbonyl (C=O) groups is 1. The number of hydrogen-bond donors (Lipinski definition) is 1. The van der Waals surface area contributed by atoms with Crippen LogP contribution in [0.5, 0.6) is 11.5 Å². The molecule has 1 aliphatic rings. The number of ether oxygens (including phenoxy) is 2. The molecule has 0 amide bonds. The van der Waals surface area contributed by atoms with Gasteiger partial charge in [-0.05, 0) is 35.9 Å². The predicted octanol–water partition coefficient (Wildman–Crippen LogP) is 1.71. The molecule has 0 aliphatic carbocycles. The topological polar surface area (TPSA) is 118 Å². The maximum Gasteiger partial charge on any atom is 0.341 e. The molecule has 0 aromatic heterocycles. The van der Waals surface area contributed by atoms with Crippen molar-refractivity contribution in [2.24, 2.45) is 9.50 Å². The van der Waals surface area contributed by atoms with Crippen LogP contribution in [0.2, 0.25) is 0 Å². The van der Waals surface area contributed by atoms with Crippen LogP contribution in [0.3, 0.4) is 0 Å². The number of hydrazone groups is 1. The summed E-state index contributed by atoms with van der Waals surface area (Å²) in [5.41, 5.74) is 0.750. The molecule has 0 bridgehead atoms. The van der Waals surface area contributed by atoms with Crippen molar-refractivity contribution >= 4 is 28.0 Å². The van der Waals surface area contributed by atoms with E-state index in [0.29, 0.717) is 5.56 Å². The minimum Gasteiger partial charge on any atom is -0.494 e. The summed E-state index contributed by atoms with van der Waals surface area (Å²) in [6.07, 6.45) is 1.39. The van der Waals surface area contributed by atoms with Crippen LogP contribution in [-0.4, -0.2) is 57.3 Å². The maximum absolute atomic E-state index is 13.5. The van der Waals surface area contributed by atoms with Crippen molar-refractivity contribution in [2.75, 3.05) is 20.8 Å². The summed E-state index contributed by atoms with van der Waals surface area (Å²) >= 11 is 0. The molecule has 2 aromatic carbocycles. The van der Waals surface area contributed by atoms with E-state index in [2.05, 4.69) is 9.50 Å². The fourth-order valence-electron chi connectivity index (χ4n) is 2.55. The van der Waals surface area contributed by atoms with Crippen LogP contribution in [-0.2, 0) is 14.8 Å². The first kappa shape index (κ1) is 20.3. The lowest BCUT2D eigenvalue weighted by molar-refractivity contribution is -0.139. The Morgan fingerprint density at radius 1 is 1.31 bits per heavy atom. The summed E-state index contributed by atoms with van der Waals surface area (Å²) in [5.74, 6) is -1.43. The average molecular weight is 421 g/mol. The van der Waals surface area contributed by atoms with E-state index in [1.54, 1.807) is 0 Å². The number of fused-ring (bicyclic) bond motifs is 1. The van der Waals surface area contributed by atoms with Gasteiger partial charge in [0.2, 0.25) is 0 Å². The van der Waals surface area contributed by atoms with E-state index in [1.165, 1.54) is 61.8 Å².